The van der Waals surface area contributed by atoms with Crippen LogP contribution in [0.2, 0.25) is 5.02 Å². The average Bonchev–Trinajstić information content (AvgIpc) is 2.20. The van der Waals surface area contributed by atoms with Gasteiger partial charge >= 0.3 is 5.97 Å². The molecule has 0 aliphatic rings. The summed E-state index contributed by atoms with van der Waals surface area (Å²) in [7, 11) is 0. The first kappa shape index (κ1) is 11.6. The van der Waals surface area contributed by atoms with Crippen LogP contribution >= 0.6 is 11.6 Å². The molecule has 0 aromatic heterocycles. The molecule has 0 saturated heterocycles. The Labute approximate surface area is 92.9 Å². The normalized spacial score (nSPS) is 9.20. The summed E-state index contributed by atoms with van der Waals surface area (Å²) in [6, 6.07) is 4.45. The molecule has 0 heterocycles. The minimum Gasteiger partial charge on any atom is -0.478 e. The molecule has 3 nitrogen and oxygen atoms in total. The Kier molecular flexibility index (Phi) is 4.17. The molecule has 3 N–H and O–H groups in total. The molecule has 4 heteroatoms. The van der Waals surface area contributed by atoms with Crippen molar-refractivity contribution in [1.29, 1.82) is 0 Å². The maximum Gasteiger partial charge on any atom is 0.335 e. The molecular weight excluding hydrogens is 214 g/mol. The molecule has 0 amide bonds. The zero-order valence-corrected chi connectivity index (χ0v) is 8.71. The van der Waals surface area contributed by atoms with Crippen molar-refractivity contribution in [2.75, 3.05) is 6.54 Å². The number of benzene rings is 1. The largest absolute Gasteiger partial charge is 0.478 e. The Morgan fingerprint density at radius 2 is 2.27 bits per heavy atom. The van der Waals surface area contributed by atoms with Gasteiger partial charge in [-0.25, -0.2) is 4.79 Å². The Morgan fingerprint density at radius 3 is 2.80 bits per heavy atom. The SMILES string of the molecule is NCCC#Cc1ccc(C(=O)O)cc1Cl. The number of carboxylic acids is 1. The number of carboxylic acid groups (broad SMARTS) is 1. The van der Waals surface area contributed by atoms with E-state index in [0.29, 0.717) is 23.6 Å². The number of rotatable bonds is 2. The van der Waals surface area contributed by atoms with E-state index in [2.05, 4.69) is 11.8 Å². The molecular formula is C11H10ClNO2. The lowest BCUT2D eigenvalue weighted by atomic mass is 10.1. The number of nitrogens with two attached hydrogens (primary N) is 1. The van der Waals surface area contributed by atoms with E-state index < -0.39 is 5.97 Å². The summed E-state index contributed by atoms with van der Waals surface area (Å²) < 4.78 is 0. The van der Waals surface area contributed by atoms with Crippen LogP contribution in [0.25, 0.3) is 0 Å². The van der Waals surface area contributed by atoms with Crippen molar-refractivity contribution in [3.05, 3.63) is 34.3 Å². The van der Waals surface area contributed by atoms with Crippen molar-refractivity contribution in [2.24, 2.45) is 5.73 Å². The minimum absolute atomic E-state index is 0.157. The van der Waals surface area contributed by atoms with E-state index in [1.165, 1.54) is 12.1 Å². The molecule has 0 spiro atoms. The first-order valence-electron chi connectivity index (χ1n) is 4.37. The van der Waals surface area contributed by atoms with Gasteiger partial charge in [0.2, 0.25) is 0 Å². The standard InChI is InChI=1S/C11H10ClNO2/c12-10-7-9(11(14)15)5-4-8(10)3-1-2-6-13/h4-5,7H,2,6,13H2,(H,14,15). The van der Waals surface area contributed by atoms with Crippen molar-refractivity contribution in [3.63, 3.8) is 0 Å². The van der Waals surface area contributed by atoms with E-state index in [4.69, 9.17) is 22.4 Å². The summed E-state index contributed by atoms with van der Waals surface area (Å²) in [5, 5.41) is 9.05. The predicted octanol–water partition coefficient (Wildman–Crippen LogP) is 1.74. The summed E-state index contributed by atoms with van der Waals surface area (Å²) in [4.78, 5) is 10.6. The van der Waals surface area contributed by atoms with Crippen LogP contribution in [0.4, 0.5) is 0 Å². The van der Waals surface area contributed by atoms with Gasteiger partial charge in [-0.2, -0.15) is 0 Å². The van der Waals surface area contributed by atoms with Crippen LogP contribution in [-0.2, 0) is 0 Å². The topological polar surface area (TPSA) is 63.3 Å². The van der Waals surface area contributed by atoms with E-state index in [9.17, 15) is 4.79 Å². The fourth-order valence-corrected chi connectivity index (χ4v) is 1.21. The zero-order valence-electron chi connectivity index (χ0n) is 7.96. The van der Waals surface area contributed by atoms with Crippen molar-refractivity contribution >= 4 is 17.6 Å². The van der Waals surface area contributed by atoms with Crippen LogP contribution in [-0.4, -0.2) is 17.6 Å². The second-order valence-electron chi connectivity index (χ2n) is 2.84. The van der Waals surface area contributed by atoms with Crippen LogP contribution < -0.4 is 5.73 Å². The molecule has 1 rings (SSSR count). The third-order valence-electron chi connectivity index (χ3n) is 1.71. The molecule has 0 bridgehead atoms. The number of hydrogen-bond donors (Lipinski definition) is 2. The second kappa shape index (κ2) is 5.40. The highest BCUT2D eigenvalue weighted by atomic mass is 35.5. The maximum atomic E-state index is 10.6. The van der Waals surface area contributed by atoms with Crippen LogP contribution in [0.1, 0.15) is 22.3 Å². The molecule has 0 radical (unpaired) electrons. The quantitative estimate of drug-likeness (QED) is 0.751. The van der Waals surface area contributed by atoms with Gasteiger partial charge in [-0.05, 0) is 18.2 Å². The first-order valence-corrected chi connectivity index (χ1v) is 4.74. The lowest BCUT2D eigenvalue weighted by Crippen LogP contribution is -1.96. The molecule has 0 fully saturated rings. The van der Waals surface area contributed by atoms with Gasteiger partial charge in [-0.3, -0.25) is 0 Å². The van der Waals surface area contributed by atoms with E-state index in [1.807, 2.05) is 0 Å². The molecule has 15 heavy (non-hydrogen) atoms. The Morgan fingerprint density at radius 1 is 1.53 bits per heavy atom. The van der Waals surface area contributed by atoms with Crippen LogP contribution in [0.5, 0.6) is 0 Å². The molecule has 78 valence electrons. The zero-order chi connectivity index (χ0) is 11.3. The summed E-state index contributed by atoms with van der Waals surface area (Å²) in [5.74, 6) is 4.66. The van der Waals surface area contributed by atoms with Crippen molar-refractivity contribution in [1.82, 2.24) is 0 Å². The smallest absolute Gasteiger partial charge is 0.335 e. The third kappa shape index (κ3) is 3.28. The lowest BCUT2D eigenvalue weighted by molar-refractivity contribution is 0.0697. The highest BCUT2D eigenvalue weighted by molar-refractivity contribution is 6.32. The molecule has 0 unspecified atom stereocenters. The maximum absolute atomic E-state index is 10.6. The number of aromatic carboxylic acids is 1. The fraction of sp³-hybridized carbons (Fsp3) is 0.182. The summed E-state index contributed by atoms with van der Waals surface area (Å²) in [5.41, 5.74) is 6.06. The highest BCUT2D eigenvalue weighted by Gasteiger charge is 2.04. The minimum atomic E-state index is -1.00. The van der Waals surface area contributed by atoms with Gasteiger partial charge in [-0.15, -0.1) is 0 Å². The monoisotopic (exact) mass is 223 g/mol. The van der Waals surface area contributed by atoms with Crippen LogP contribution in [0.3, 0.4) is 0 Å². The molecule has 0 saturated carbocycles. The number of carbonyl (C=O) groups is 1. The summed E-state index contributed by atoms with van der Waals surface area (Å²) in [6.45, 7) is 0.498. The van der Waals surface area contributed by atoms with Gasteiger partial charge in [0.1, 0.15) is 0 Å². The summed E-state index contributed by atoms with van der Waals surface area (Å²) in [6.07, 6.45) is 0.594. The van der Waals surface area contributed by atoms with Crippen LogP contribution in [0.15, 0.2) is 18.2 Å². The van der Waals surface area contributed by atoms with E-state index in [0.717, 1.165) is 0 Å². The molecule has 0 aliphatic carbocycles. The Hall–Kier alpha value is -1.50. The lowest BCUT2D eigenvalue weighted by Gasteiger charge is -1.97. The van der Waals surface area contributed by atoms with Gasteiger partial charge in [-0.1, -0.05) is 23.4 Å². The van der Waals surface area contributed by atoms with E-state index in [-0.39, 0.29) is 5.56 Å². The molecule has 1 aromatic rings. The first-order chi connectivity index (χ1) is 7.15. The van der Waals surface area contributed by atoms with Gasteiger partial charge in [0, 0.05) is 18.5 Å². The van der Waals surface area contributed by atoms with Crippen molar-refractivity contribution in [2.45, 2.75) is 6.42 Å². The number of halogens is 1. The van der Waals surface area contributed by atoms with Gasteiger partial charge in [0.25, 0.3) is 0 Å². The Bertz CT molecular complexity index is 432. The molecule has 1 aromatic carbocycles. The van der Waals surface area contributed by atoms with E-state index >= 15 is 0 Å². The van der Waals surface area contributed by atoms with E-state index in [1.54, 1.807) is 6.07 Å². The van der Waals surface area contributed by atoms with Crippen molar-refractivity contribution in [3.8, 4) is 11.8 Å². The fourth-order valence-electron chi connectivity index (χ4n) is 0.979. The van der Waals surface area contributed by atoms with Crippen molar-refractivity contribution < 1.29 is 9.90 Å². The summed E-state index contributed by atoms with van der Waals surface area (Å²) >= 11 is 5.86. The highest BCUT2D eigenvalue weighted by Crippen LogP contribution is 2.16. The Balaban J connectivity index is 2.95. The second-order valence-corrected chi connectivity index (χ2v) is 3.25. The average molecular weight is 224 g/mol. The molecule has 0 aliphatic heterocycles. The van der Waals surface area contributed by atoms with Crippen LogP contribution in [0, 0.1) is 11.8 Å². The van der Waals surface area contributed by atoms with Gasteiger partial charge in [0.05, 0.1) is 10.6 Å². The molecule has 0 atom stereocenters. The predicted molar refractivity (Wildman–Crippen MR) is 59.0 cm³/mol. The number of hydrogen-bond acceptors (Lipinski definition) is 2. The van der Waals surface area contributed by atoms with Gasteiger partial charge in [0.15, 0.2) is 0 Å². The van der Waals surface area contributed by atoms with Gasteiger partial charge < -0.3 is 10.8 Å². The third-order valence-corrected chi connectivity index (χ3v) is 2.02.